The normalized spacial score (nSPS) is 10.6. The zero-order chi connectivity index (χ0) is 15.1. The number of amides is 1. The van der Waals surface area contributed by atoms with E-state index in [2.05, 4.69) is 32.9 Å². The Kier molecular flexibility index (Phi) is 5.65. The average Bonchev–Trinajstić information content (AvgIpc) is 2.98. The third-order valence-electron chi connectivity index (χ3n) is 2.72. The molecule has 0 unspecified atom stereocenters. The summed E-state index contributed by atoms with van der Waals surface area (Å²) < 4.78 is 5.27. The molecule has 112 valence electrons. The number of H-pyrrole nitrogens is 1. The van der Waals surface area contributed by atoms with Crippen LogP contribution in [0.15, 0.2) is 18.2 Å². The van der Waals surface area contributed by atoms with Gasteiger partial charge < -0.3 is 10.1 Å². The number of aromatic nitrogens is 4. The van der Waals surface area contributed by atoms with Crippen molar-refractivity contribution in [3.05, 3.63) is 23.2 Å². The van der Waals surface area contributed by atoms with Crippen molar-refractivity contribution in [1.29, 1.82) is 0 Å². The monoisotopic (exact) mass is 309 g/mol. The van der Waals surface area contributed by atoms with Gasteiger partial charge in [-0.15, -0.1) is 10.2 Å². The molecule has 0 saturated heterocycles. The Labute approximate surface area is 127 Å². The fourth-order valence-corrected chi connectivity index (χ4v) is 1.86. The number of unbranched alkanes of at least 4 members (excludes halogenated alkanes) is 1. The number of hydrogen-bond donors (Lipinski definition) is 2. The van der Waals surface area contributed by atoms with Gasteiger partial charge in [0.15, 0.2) is 0 Å². The molecule has 2 aromatic rings. The van der Waals surface area contributed by atoms with Crippen LogP contribution in [-0.2, 0) is 9.53 Å². The first-order chi connectivity index (χ1) is 10.2. The van der Waals surface area contributed by atoms with Crippen molar-refractivity contribution >= 4 is 23.2 Å². The van der Waals surface area contributed by atoms with Gasteiger partial charge in [0.1, 0.15) is 6.61 Å². The number of aromatic amines is 1. The van der Waals surface area contributed by atoms with Crippen LogP contribution >= 0.6 is 11.6 Å². The molecular weight excluding hydrogens is 294 g/mol. The molecule has 1 aromatic heterocycles. The van der Waals surface area contributed by atoms with E-state index >= 15 is 0 Å². The zero-order valence-corrected chi connectivity index (χ0v) is 12.4. The van der Waals surface area contributed by atoms with E-state index in [0.717, 1.165) is 12.8 Å². The first-order valence-electron chi connectivity index (χ1n) is 6.61. The minimum Gasteiger partial charge on any atom is -0.372 e. The lowest BCUT2D eigenvalue weighted by atomic mass is 10.1. The summed E-state index contributed by atoms with van der Waals surface area (Å²) in [6.45, 7) is 2.63. The molecule has 0 atom stereocenters. The molecule has 2 N–H and O–H groups in total. The SMILES string of the molecule is CCCCOCC(=O)Nc1cc(Cl)ccc1-c1nn[nH]n1. The first kappa shape index (κ1) is 15.4. The fourth-order valence-electron chi connectivity index (χ4n) is 1.69. The lowest BCUT2D eigenvalue weighted by molar-refractivity contribution is -0.120. The third-order valence-corrected chi connectivity index (χ3v) is 2.95. The summed E-state index contributed by atoms with van der Waals surface area (Å²) >= 11 is 5.96. The Morgan fingerprint density at radius 3 is 3.05 bits per heavy atom. The average molecular weight is 310 g/mol. The number of carbonyl (C=O) groups excluding carboxylic acids is 1. The smallest absolute Gasteiger partial charge is 0.250 e. The number of carbonyl (C=O) groups is 1. The summed E-state index contributed by atoms with van der Waals surface area (Å²) in [5.41, 5.74) is 1.16. The minimum atomic E-state index is -0.252. The molecule has 0 aliphatic heterocycles. The van der Waals surface area contributed by atoms with Gasteiger partial charge >= 0.3 is 0 Å². The summed E-state index contributed by atoms with van der Waals surface area (Å²) in [4.78, 5) is 11.9. The molecular formula is C13H16ClN5O2. The highest BCUT2D eigenvalue weighted by Gasteiger charge is 2.12. The lowest BCUT2D eigenvalue weighted by Crippen LogP contribution is -2.19. The molecule has 0 aliphatic carbocycles. The number of benzene rings is 1. The number of ether oxygens (including phenoxy) is 1. The molecule has 7 nitrogen and oxygen atoms in total. The molecule has 0 radical (unpaired) electrons. The van der Waals surface area contributed by atoms with Gasteiger partial charge in [-0.1, -0.05) is 24.9 Å². The van der Waals surface area contributed by atoms with Gasteiger partial charge in [-0.2, -0.15) is 5.21 Å². The van der Waals surface area contributed by atoms with Gasteiger partial charge in [-0.25, -0.2) is 0 Å². The second-order valence-corrected chi connectivity index (χ2v) is 4.82. The zero-order valence-electron chi connectivity index (χ0n) is 11.6. The number of nitrogens with one attached hydrogen (secondary N) is 2. The molecule has 0 saturated carbocycles. The van der Waals surface area contributed by atoms with Gasteiger partial charge in [0, 0.05) is 17.2 Å². The Morgan fingerprint density at radius 2 is 2.33 bits per heavy atom. The Hall–Kier alpha value is -1.99. The van der Waals surface area contributed by atoms with Crippen molar-refractivity contribution in [2.75, 3.05) is 18.5 Å². The van der Waals surface area contributed by atoms with Crippen LogP contribution in [-0.4, -0.2) is 39.7 Å². The van der Waals surface area contributed by atoms with Gasteiger partial charge in [-0.05, 0) is 29.8 Å². The molecule has 1 heterocycles. The number of halogens is 1. The van der Waals surface area contributed by atoms with Crippen LogP contribution in [0.3, 0.4) is 0 Å². The van der Waals surface area contributed by atoms with Gasteiger partial charge in [0.2, 0.25) is 11.7 Å². The van der Waals surface area contributed by atoms with Crippen LogP contribution < -0.4 is 5.32 Å². The molecule has 1 amide bonds. The maximum atomic E-state index is 11.9. The third kappa shape index (κ3) is 4.51. The quantitative estimate of drug-likeness (QED) is 0.765. The first-order valence-corrected chi connectivity index (χ1v) is 6.99. The highest BCUT2D eigenvalue weighted by Crippen LogP contribution is 2.27. The van der Waals surface area contributed by atoms with Crippen LogP contribution in [0.4, 0.5) is 5.69 Å². The van der Waals surface area contributed by atoms with Crippen molar-refractivity contribution in [2.24, 2.45) is 0 Å². The highest BCUT2D eigenvalue weighted by molar-refractivity contribution is 6.31. The standard InChI is InChI=1S/C13H16ClN5O2/c1-2-3-6-21-8-12(20)15-11-7-9(14)4-5-10(11)13-16-18-19-17-13/h4-5,7H,2-3,6,8H2,1H3,(H,15,20)(H,16,17,18,19). The van der Waals surface area contributed by atoms with Crippen LogP contribution in [0.2, 0.25) is 5.02 Å². The van der Waals surface area contributed by atoms with Crippen molar-refractivity contribution in [1.82, 2.24) is 20.6 Å². The number of anilines is 1. The Bertz CT molecular complexity index is 588. The summed E-state index contributed by atoms with van der Waals surface area (Å²) in [5.74, 6) is 0.131. The van der Waals surface area contributed by atoms with E-state index in [1.54, 1.807) is 18.2 Å². The summed E-state index contributed by atoms with van der Waals surface area (Å²) in [7, 11) is 0. The predicted octanol–water partition coefficient (Wildman–Crippen LogP) is 2.28. The van der Waals surface area contributed by atoms with E-state index in [0.29, 0.717) is 28.7 Å². The van der Waals surface area contributed by atoms with E-state index in [1.807, 2.05) is 0 Å². The number of tetrazole rings is 1. The lowest BCUT2D eigenvalue weighted by Gasteiger charge is -2.09. The van der Waals surface area contributed by atoms with Crippen molar-refractivity contribution in [3.63, 3.8) is 0 Å². The second kappa shape index (κ2) is 7.70. The van der Waals surface area contributed by atoms with Gasteiger partial charge in [0.25, 0.3) is 0 Å². The van der Waals surface area contributed by atoms with Crippen molar-refractivity contribution < 1.29 is 9.53 Å². The van der Waals surface area contributed by atoms with E-state index in [4.69, 9.17) is 16.3 Å². The predicted molar refractivity (Wildman–Crippen MR) is 79.0 cm³/mol. The maximum absolute atomic E-state index is 11.9. The molecule has 8 heteroatoms. The molecule has 2 rings (SSSR count). The Balaban J connectivity index is 2.05. The molecule has 0 bridgehead atoms. The number of nitrogens with zero attached hydrogens (tertiary/aromatic N) is 3. The topological polar surface area (TPSA) is 92.8 Å². The Morgan fingerprint density at radius 1 is 1.48 bits per heavy atom. The van der Waals surface area contributed by atoms with Crippen LogP contribution in [0.1, 0.15) is 19.8 Å². The summed E-state index contributed by atoms with van der Waals surface area (Å²) in [6.07, 6.45) is 1.95. The van der Waals surface area contributed by atoms with Crippen molar-refractivity contribution in [3.8, 4) is 11.4 Å². The molecule has 1 aromatic carbocycles. The second-order valence-electron chi connectivity index (χ2n) is 4.38. The van der Waals surface area contributed by atoms with E-state index in [9.17, 15) is 4.79 Å². The number of hydrogen-bond acceptors (Lipinski definition) is 5. The van der Waals surface area contributed by atoms with E-state index < -0.39 is 0 Å². The minimum absolute atomic E-state index is 0.00179. The largest absolute Gasteiger partial charge is 0.372 e. The molecule has 21 heavy (non-hydrogen) atoms. The summed E-state index contributed by atoms with van der Waals surface area (Å²) in [6, 6.07) is 5.05. The van der Waals surface area contributed by atoms with E-state index in [-0.39, 0.29) is 12.5 Å². The molecule has 0 fully saturated rings. The van der Waals surface area contributed by atoms with E-state index in [1.165, 1.54) is 0 Å². The van der Waals surface area contributed by atoms with Crippen LogP contribution in [0.5, 0.6) is 0 Å². The van der Waals surface area contributed by atoms with Crippen LogP contribution in [0, 0.1) is 0 Å². The summed E-state index contributed by atoms with van der Waals surface area (Å²) in [5, 5.41) is 16.9. The van der Waals surface area contributed by atoms with Crippen LogP contribution in [0.25, 0.3) is 11.4 Å². The maximum Gasteiger partial charge on any atom is 0.250 e. The molecule has 0 aliphatic rings. The van der Waals surface area contributed by atoms with Gasteiger partial charge in [-0.3, -0.25) is 4.79 Å². The highest BCUT2D eigenvalue weighted by atomic mass is 35.5. The fraction of sp³-hybridized carbons (Fsp3) is 0.385. The number of rotatable bonds is 7. The van der Waals surface area contributed by atoms with Gasteiger partial charge in [0.05, 0.1) is 5.69 Å². The molecule has 0 spiro atoms. The van der Waals surface area contributed by atoms with Crippen molar-refractivity contribution in [2.45, 2.75) is 19.8 Å².